The average Bonchev–Trinajstić information content (AvgIpc) is 3.12. The summed E-state index contributed by atoms with van der Waals surface area (Å²) in [6, 6.07) is -0.0523. The molecule has 5 aliphatic rings. The summed E-state index contributed by atoms with van der Waals surface area (Å²) in [4.78, 5) is 18.9. The molecule has 6 rings (SSSR count). The first-order chi connectivity index (χ1) is 10.2. The van der Waals surface area contributed by atoms with Crippen molar-refractivity contribution in [2.45, 2.75) is 44.2 Å². The SMILES string of the molecule is O=C(N1C[C@@H]2C[C@H]1c1cncc(F)c1O2)C12CCC(C1)C2. The molecule has 3 aliphatic carbocycles. The molecule has 21 heavy (non-hydrogen) atoms. The number of nitrogens with zero attached hydrogens (tertiary/aromatic N) is 2. The van der Waals surface area contributed by atoms with Gasteiger partial charge in [0.25, 0.3) is 0 Å². The summed E-state index contributed by atoms with van der Waals surface area (Å²) in [5.74, 6) is 0.916. The van der Waals surface area contributed by atoms with Crippen molar-refractivity contribution in [3.8, 4) is 5.75 Å². The maximum absolute atomic E-state index is 13.9. The monoisotopic (exact) mass is 288 g/mol. The summed E-state index contributed by atoms with van der Waals surface area (Å²) in [6.07, 6.45) is 7.85. The number of hydrogen-bond acceptors (Lipinski definition) is 3. The predicted molar refractivity (Wildman–Crippen MR) is 72.1 cm³/mol. The average molecular weight is 288 g/mol. The highest BCUT2D eigenvalue weighted by Crippen LogP contribution is 2.60. The molecule has 110 valence electrons. The fraction of sp³-hybridized carbons (Fsp3) is 0.625. The van der Waals surface area contributed by atoms with E-state index < -0.39 is 5.82 Å². The van der Waals surface area contributed by atoms with Crippen LogP contribution in [0.3, 0.4) is 0 Å². The molecule has 1 aromatic rings. The van der Waals surface area contributed by atoms with Gasteiger partial charge in [0.1, 0.15) is 6.10 Å². The van der Waals surface area contributed by atoms with E-state index in [0.29, 0.717) is 12.3 Å². The molecular weight excluding hydrogens is 271 g/mol. The Bertz CT molecular complexity index is 636. The van der Waals surface area contributed by atoms with Crippen molar-refractivity contribution >= 4 is 5.91 Å². The Hall–Kier alpha value is -1.65. The van der Waals surface area contributed by atoms with E-state index >= 15 is 0 Å². The fourth-order valence-electron chi connectivity index (χ4n) is 4.89. The van der Waals surface area contributed by atoms with E-state index in [-0.39, 0.29) is 23.5 Å². The smallest absolute Gasteiger partial charge is 0.229 e. The molecule has 2 atom stereocenters. The van der Waals surface area contributed by atoms with Crippen LogP contribution in [-0.4, -0.2) is 28.4 Å². The van der Waals surface area contributed by atoms with Gasteiger partial charge in [-0.25, -0.2) is 4.39 Å². The molecule has 5 heteroatoms. The van der Waals surface area contributed by atoms with Gasteiger partial charge in [-0.15, -0.1) is 0 Å². The van der Waals surface area contributed by atoms with Crippen LogP contribution in [0.2, 0.25) is 0 Å². The van der Waals surface area contributed by atoms with Gasteiger partial charge in [-0.3, -0.25) is 9.78 Å². The van der Waals surface area contributed by atoms with Gasteiger partial charge < -0.3 is 9.64 Å². The third kappa shape index (κ3) is 1.44. The van der Waals surface area contributed by atoms with Gasteiger partial charge in [0, 0.05) is 23.6 Å². The third-order valence-electron chi connectivity index (χ3n) is 5.89. The first-order valence-electron chi connectivity index (χ1n) is 7.77. The van der Waals surface area contributed by atoms with Crippen LogP contribution in [-0.2, 0) is 4.79 Å². The molecule has 0 aromatic carbocycles. The van der Waals surface area contributed by atoms with Crippen molar-refractivity contribution in [1.82, 2.24) is 9.88 Å². The van der Waals surface area contributed by atoms with Crippen LogP contribution < -0.4 is 4.74 Å². The summed E-state index contributed by atoms with van der Waals surface area (Å²) < 4.78 is 19.6. The van der Waals surface area contributed by atoms with Gasteiger partial charge in [-0.05, 0) is 31.6 Å². The topological polar surface area (TPSA) is 42.4 Å². The lowest BCUT2D eigenvalue weighted by Gasteiger charge is -2.41. The van der Waals surface area contributed by atoms with Gasteiger partial charge in [0.05, 0.1) is 18.8 Å². The second-order valence-corrected chi connectivity index (χ2v) is 7.08. The summed E-state index contributed by atoms with van der Waals surface area (Å²) in [5.41, 5.74) is 0.630. The van der Waals surface area contributed by atoms with E-state index in [1.807, 2.05) is 4.90 Å². The van der Waals surface area contributed by atoms with Crippen LogP contribution in [0.1, 0.15) is 43.7 Å². The van der Waals surface area contributed by atoms with E-state index in [0.717, 1.165) is 37.2 Å². The quantitative estimate of drug-likeness (QED) is 0.797. The summed E-state index contributed by atoms with van der Waals surface area (Å²) >= 11 is 0. The number of amides is 1. The fourth-order valence-corrected chi connectivity index (χ4v) is 4.89. The Morgan fingerprint density at radius 2 is 2.29 bits per heavy atom. The molecule has 0 unspecified atom stereocenters. The van der Waals surface area contributed by atoms with Crippen LogP contribution in [0.15, 0.2) is 12.4 Å². The molecule has 1 aromatic heterocycles. The van der Waals surface area contributed by atoms with Gasteiger partial charge in [0.15, 0.2) is 11.6 Å². The van der Waals surface area contributed by atoms with Crippen molar-refractivity contribution in [3.63, 3.8) is 0 Å². The van der Waals surface area contributed by atoms with Crippen LogP contribution in [0, 0.1) is 17.2 Å². The number of fused-ring (bicyclic) bond motifs is 5. The highest BCUT2D eigenvalue weighted by atomic mass is 19.1. The van der Waals surface area contributed by atoms with E-state index in [4.69, 9.17) is 4.74 Å². The number of rotatable bonds is 1. The maximum atomic E-state index is 13.9. The third-order valence-corrected chi connectivity index (χ3v) is 5.89. The molecule has 4 nitrogen and oxygen atoms in total. The summed E-state index contributed by atoms with van der Waals surface area (Å²) in [5, 5.41) is 0. The molecule has 2 aliphatic heterocycles. The van der Waals surface area contributed by atoms with Crippen LogP contribution in [0.5, 0.6) is 5.75 Å². The predicted octanol–water partition coefficient (Wildman–Crippen LogP) is 2.45. The summed E-state index contributed by atoms with van der Waals surface area (Å²) in [6.45, 7) is 0.587. The standard InChI is InChI=1S/C16H17FN2O2/c17-12-7-18-6-11-13-3-10(21-14(11)12)8-19(13)15(20)16-2-1-9(4-16)5-16/h6-7,9-10,13H,1-5,8H2/t9?,10-,13-,16?/m0/s1. The molecular formula is C16H17FN2O2. The van der Waals surface area contributed by atoms with Crippen LogP contribution in [0.4, 0.5) is 4.39 Å². The lowest BCUT2D eigenvalue weighted by atomic mass is 9.68. The van der Waals surface area contributed by atoms with Gasteiger partial charge >= 0.3 is 0 Å². The second-order valence-electron chi connectivity index (χ2n) is 7.08. The Labute approximate surface area is 122 Å². The molecule has 4 bridgehead atoms. The van der Waals surface area contributed by atoms with Gasteiger partial charge in [-0.2, -0.15) is 0 Å². The number of hydrogen-bond donors (Lipinski definition) is 0. The minimum atomic E-state index is -0.417. The van der Waals surface area contributed by atoms with Crippen molar-refractivity contribution in [2.24, 2.45) is 11.3 Å². The molecule has 0 spiro atoms. The number of ether oxygens (including phenoxy) is 1. The highest BCUT2D eigenvalue weighted by molar-refractivity contribution is 5.85. The Morgan fingerprint density at radius 1 is 1.43 bits per heavy atom. The number of carbonyl (C=O) groups excluding carboxylic acids is 1. The molecule has 0 radical (unpaired) electrons. The molecule has 3 heterocycles. The molecule has 0 N–H and O–H groups in total. The lowest BCUT2D eigenvalue weighted by Crippen LogP contribution is -2.46. The van der Waals surface area contributed by atoms with E-state index in [1.165, 1.54) is 12.6 Å². The zero-order chi connectivity index (χ0) is 14.2. The molecule has 1 saturated heterocycles. The Balaban J connectivity index is 1.51. The Morgan fingerprint density at radius 3 is 3.05 bits per heavy atom. The number of likely N-dealkylation sites (tertiary alicyclic amines) is 1. The normalized spacial score (nSPS) is 38.7. The largest absolute Gasteiger partial charge is 0.485 e. The first kappa shape index (κ1) is 12.0. The minimum Gasteiger partial charge on any atom is -0.485 e. The van der Waals surface area contributed by atoms with Crippen LogP contribution in [0.25, 0.3) is 0 Å². The number of carbonyl (C=O) groups is 1. The summed E-state index contributed by atoms with van der Waals surface area (Å²) in [7, 11) is 0. The van der Waals surface area contributed by atoms with Gasteiger partial charge in [0.2, 0.25) is 5.91 Å². The first-order valence-corrected chi connectivity index (χ1v) is 7.77. The molecule has 4 fully saturated rings. The maximum Gasteiger partial charge on any atom is 0.229 e. The Kier molecular flexibility index (Phi) is 2.14. The molecule has 1 amide bonds. The lowest BCUT2D eigenvalue weighted by molar-refractivity contribution is -0.147. The van der Waals surface area contributed by atoms with Crippen molar-refractivity contribution in [2.75, 3.05) is 6.54 Å². The number of aromatic nitrogens is 1. The second kappa shape index (κ2) is 3.76. The highest BCUT2D eigenvalue weighted by Gasteiger charge is 2.58. The number of halogens is 1. The van der Waals surface area contributed by atoms with Crippen molar-refractivity contribution in [1.29, 1.82) is 0 Å². The minimum absolute atomic E-state index is 0.0523. The van der Waals surface area contributed by atoms with Crippen LogP contribution >= 0.6 is 0 Å². The van der Waals surface area contributed by atoms with E-state index in [9.17, 15) is 9.18 Å². The van der Waals surface area contributed by atoms with Crippen molar-refractivity contribution in [3.05, 3.63) is 23.8 Å². The molecule has 3 saturated carbocycles. The van der Waals surface area contributed by atoms with Crippen molar-refractivity contribution < 1.29 is 13.9 Å². The van der Waals surface area contributed by atoms with E-state index in [1.54, 1.807) is 6.20 Å². The van der Waals surface area contributed by atoms with Gasteiger partial charge in [-0.1, -0.05) is 0 Å². The van der Waals surface area contributed by atoms with E-state index in [2.05, 4.69) is 4.98 Å². The number of pyridine rings is 1. The zero-order valence-electron chi connectivity index (χ0n) is 11.7. The zero-order valence-corrected chi connectivity index (χ0v) is 11.7.